The summed E-state index contributed by atoms with van der Waals surface area (Å²) in [5, 5.41) is 19.8. The number of amides is 4. The zero-order valence-electron chi connectivity index (χ0n) is 33.7. The number of allylic oxidation sites excluding steroid dienone is 4. The summed E-state index contributed by atoms with van der Waals surface area (Å²) >= 11 is 0. The molecule has 1 aromatic rings. The van der Waals surface area contributed by atoms with Crippen molar-refractivity contribution in [3.05, 3.63) is 48.1 Å². The number of carbonyl (C=O) groups is 5. The summed E-state index contributed by atoms with van der Waals surface area (Å²) in [4.78, 5) is 64.0. The van der Waals surface area contributed by atoms with Gasteiger partial charge < -0.3 is 46.7 Å². The highest BCUT2D eigenvalue weighted by atomic mass is 19.1. The fourth-order valence-electron chi connectivity index (χ4n) is 10.4. The molecule has 0 bridgehead atoms. The van der Waals surface area contributed by atoms with E-state index < -0.39 is 107 Å². The highest BCUT2D eigenvalue weighted by molar-refractivity contribution is 6.01. The van der Waals surface area contributed by atoms with Crippen LogP contribution in [0.1, 0.15) is 79.6 Å². The van der Waals surface area contributed by atoms with Crippen LogP contribution in [0.25, 0.3) is 0 Å². The van der Waals surface area contributed by atoms with Crippen LogP contribution in [-0.2, 0) is 28.7 Å². The van der Waals surface area contributed by atoms with Crippen molar-refractivity contribution < 1.29 is 52.1 Å². The largest absolute Gasteiger partial charge is 0.486 e. The molecule has 0 aromatic heterocycles. The lowest BCUT2D eigenvalue weighted by Crippen LogP contribution is -2.71. The molecule has 16 heteroatoms. The third-order valence-electron chi connectivity index (χ3n) is 13.5. The molecule has 0 spiro atoms. The molecule has 0 radical (unpaired) electrons. The van der Waals surface area contributed by atoms with Gasteiger partial charge in [0, 0.05) is 29.0 Å². The van der Waals surface area contributed by atoms with Crippen molar-refractivity contribution in [3.8, 4) is 5.75 Å². The van der Waals surface area contributed by atoms with Crippen molar-refractivity contribution in [1.29, 1.82) is 0 Å². The Balaban J connectivity index is 1.18. The van der Waals surface area contributed by atoms with Gasteiger partial charge in [-0.3, -0.25) is 19.2 Å². The van der Waals surface area contributed by atoms with Crippen molar-refractivity contribution in [1.82, 2.24) is 10.6 Å². The van der Waals surface area contributed by atoms with Crippen LogP contribution in [0.2, 0.25) is 0 Å². The number of ether oxygens (including phenoxy) is 3. The number of nitrogens with one attached hydrogen (secondary N) is 3. The lowest BCUT2D eigenvalue weighted by molar-refractivity contribution is -0.234. The summed E-state index contributed by atoms with van der Waals surface area (Å²) < 4.78 is 52.8. The molecule has 4 amide bonds. The Bertz CT molecular complexity index is 1840. The number of nitrogens with two attached hydrogens (primary N) is 2. The van der Waals surface area contributed by atoms with Gasteiger partial charge in [-0.1, -0.05) is 40.2 Å². The van der Waals surface area contributed by atoms with Gasteiger partial charge in [-0.25, -0.2) is 13.6 Å². The fourth-order valence-corrected chi connectivity index (χ4v) is 10.4. The lowest BCUT2D eigenvalue weighted by atomic mass is 9.44. The number of hydrogen-bond donors (Lipinski definition) is 6. The summed E-state index contributed by atoms with van der Waals surface area (Å²) in [7, 11) is 0. The van der Waals surface area contributed by atoms with Crippen LogP contribution in [0.15, 0.2) is 48.1 Å². The number of ketones is 2. The van der Waals surface area contributed by atoms with Crippen LogP contribution < -0.4 is 32.2 Å². The van der Waals surface area contributed by atoms with E-state index >= 15 is 8.78 Å². The molecule has 12 atom stereocenters. The molecular formula is C42H57F2N5O9. The Morgan fingerprint density at radius 1 is 1.09 bits per heavy atom. The van der Waals surface area contributed by atoms with Gasteiger partial charge in [0.2, 0.25) is 17.6 Å². The number of aliphatic hydroxyl groups excluding tert-OH is 1. The number of rotatable bonds is 15. The zero-order chi connectivity index (χ0) is 42.4. The van der Waals surface area contributed by atoms with Crippen LogP contribution in [0.3, 0.4) is 0 Å². The molecule has 6 rings (SSSR count). The molecule has 14 nitrogen and oxygen atoms in total. The van der Waals surface area contributed by atoms with Gasteiger partial charge in [0.25, 0.3) is 0 Å². The summed E-state index contributed by atoms with van der Waals surface area (Å²) in [6.07, 6.45) is 0.484. The van der Waals surface area contributed by atoms with Gasteiger partial charge >= 0.3 is 6.03 Å². The lowest BCUT2D eigenvalue weighted by Gasteiger charge is -2.63. The number of alkyl halides is 2. The van der Waals surface area contributed by atoms with Crippen LogP contribution in [0.5, 0.6) is 5.75 Å². The van der Waals surface area contributed by atoms with Crippen molar-refractivity contribution in [2.24, 2.45) is 40.1 Å². The van der Waals surface area contributed by atoms with Crippen molar-refractivity contribution >= 4 is 35.1 Å². The number of primary amides is 1. The van der Waals surface area contributed by atoms with E-state index in [1.807, 2.05) is 6.92 Å². The van der Waals surface area contributed by atoms with E-state index in [1.165, 1.54) is 19.1 Å². The third-order valence-corrected chi connectivity index (χ3v) is 13.5. The monoisotopic (exact) mass is 813 g/mol. The summed E-state index contributed by atoms with van der Waals surface area (Å²) in [5.74, 6) is -3.40. The molecule has 1 aromatic carbocycles. The second-order valence-electron chi connectivity index (χ2n) is 17.3. The first-order valence-electron chi connectivity index (χ1n) is 20.3. The second-order valence-corrected chi connectivity index (χ2v) is 17.3. The Morgan fingerprint density at radius 3 is 2.45 bits per heavy atom. The van der Waals surface area contributed by atoms with E-state index in [1.54, 1.807) is 45.0 Å². The van der Waals surface area contributed by atoms with Gasteiger partial charge in [0.15, 0.2) is 23.3 Å². The number of hydrogen-bond acceptors (Lipinski definition) is 10. The average molecular weight is 814 g/mol. The Morgan fingerprint density at radius 2 is 1.79 bits per heavy atom. The van der Waals surface area contributed by atoms with E-state index in [2.05, 4.69) is 16.0 Å². The molecule has 1 aliphatic heterocycles. The van der Waals surface area contributed by atoms with Gasteiger partial charge in [0.05, 0.1) is 18.2 Å². The standard InChI is InChI=1S/C42H57F2N5O9/c1-6-8-34-57-33-19-26-27-18-29(43)28-17-24(50)14-15-39(28,4)41(27,44)31(51)20-40(26,5)42(33,58-34)32(52)21-56-25-12-10-23(11-13-25)48-36(53)30(9-7-16-47-38(46)55)49-37(54)35(45)22(2)3/h10-15,17,22,26-27,29-31,33-35,51H,6-9,16,18-21,45H2,1-5H3,(H,48,53)(H,49,54)(H3,46,47,55)/t26?,27-,29-,30-,31-,33+,34?,35?,39-,40-,41-,42+/m0/s1. The minimum Gasteiger partial charge on any atom is -0.486 e. The summed E-state index contributed by atoms with van der Waals surface area (Å²) in [6, 6.07) is 3.73. The topological polar surface area (TPSA) is 221 Å². The maximum Gasteiger partial charge on any atom is 0.312 e. The summed E-state index contributed by atoms with van der Waals surface area (Å²) in [6.45, 7) is 8.60. The number of halogens is 2. The fraction of sp³-hybridized carbons (Fsp3) is 0.643. The van der Waals surface area contributed by atoms with Gasteiger partial charge in [-0.05, 0) is 99.3 Å². The molecule has 318 valence electrons. The van der Waals surface area contributed by atoms with Gasteiger partial charge in [-0.15, -0.1) is 0 Å². The zero-order valence-corrected chi connectivity index (χ0v) is 33.7. The summed E-state index contributed by atoms with van der Waals surface area (Å²) in [5.41, 5.74) is 4.85. The van der Waals surface area contributed by atoms with Crippen LogP contribution in [0, 0.1) is 28.6 Å². The third kappa shape index (κ3) is 7.34. The number of urea groups is 1. The van der Waals surface area contributed by atoms with E-state index in [9.17, 15) is 29.1 Å². The predicted octanol–water partition coefficient (Wildman–Crippen LogP) is 3.70. The normalized spacial score (nSPS) is 35.8. The molecule has 3 unspecified atom stereocenters. The first kappa shape index (κ1) is 43.3. The van der Waals surface area contributed by atoms with Crippen molar-refractivity contribution in [2.45, 2.75) is 128 Å². The molecule has 5 aliphatic rings. The molecule has 4 fully saturated rings. The Hall–Kier alpha value is -4.25. The number of aliphatic hydroxyl groups is 1. The molecular weight excluding hydrogens is 756 g/mol. The molecule has 8 N–H and O–H groups in total. The average Bonchev–Trinajstić information content (AvgIpc) is 3.65. The quantitative estimate of drug-likeness (QED) is 0.141. The number of Topliss-reactive ketones (excluding diaryl/α,β-unsaturated/α-hetero) is 1. The minimum atomic E-state index is -2.32. The molecule has 1 heterocycles. The Kier molecular flexibility index (Phi) is 12.3. The van der Waals surface area contributed by atoms with Crippen molar-refractivity contribution in [3.63, 3.8) is 0 Å². The minimum absolute atomic E-state index is 0.0208. The first-order valence-corrected chi connectivity index (χ1v) is 20.3. The first-order chi connectivity index (χ1) is 27.3. The Labute approximate surface area is 337 Å². The molecule has 1 saturated heterocycles. The van der Waals surface area contributed by atoms with Gasteiger partial charge in [-0.2, -0.15) is 0 Å². The number of carbonyl (C=O) groups excluding carboxylic acids is 5. The predicted molar refractivity (Wildman–Crippen MR) is 209 cm³/mol. The molecule has 4 aliphatic carbocycles. The maximum absolute atomic E-state index is 17.8. The SMILES string of the molecule is CCCC1O[C@@H]2CC3[C@@H]4C[C@H](F)C5=CC(=O)C=C[C@]5(C)[C@@]4(F)[C@@H](O)C[C@]3(C)[C@]2(C(=O)COc2ccc(NC(=O)[C@H](CCCNC(N)=O)NC(=O)C(N)C(C)C)cc2)O1. The van der Waals surface area contributed by atoms with E-state index in [-0.39, 0.29) is 49.5 Å². The van der Waals surface area contributed by atoms with Crippen LogP contribution in [0.4, 0.5) is 19.3 Å². The van der Waals surface area contributed by atoms with Crippen LogP contribution in [-0.4, -0.2) is 95.7 Å². The second kappa shape index (κ2) is 16.4. The molecule has 3 saturated carbocycles. The van der Waals surface area contributed by atoms with E-state index in [4.69, 9.17) is 25.7 Å². The highest BCUT2D eigenvalue weighted by Crippen LogP contribution is 2.72. The van der Waals surface area contributed by atoms with E-state index in [0.717, 1.165) is 6.08 Å². The smallest absolute Gasteiger partial charge is 0.312 e. The number of benzene rings is 1. The van der Waals surface area contributed by atoms with Gasteiger partial charge in [0.1, 0.15) is 24.6 Å². The number of fused-ring (bicyclic) bond motifs is 7. The molecule has 58 heavy (non-hydrogen) atoms. The van der Waals surface area contributed by atoms with E-state index in [0.29, 0.717) is 24.9 Å². The highest BCUT2D eigenvalue weighted by Gasteiger charge is 2.80. The van der Waals surface area contributed by atoms with Crippen molar-refractivity contribution in [2.75, 3.05) is 18.5 Å². The van der Waals surface area contributed by atoms with Crippen LogP contribution >= 0.6 is 0 Å². The maximum atomic E-state index is 17.8. The number of anilines is 1.